The van der Waals surface area contributed by atoms with Crippen molar-refractivity contribution in [2.75, 3.05) is 7.11 Å². The van der Waals surface area contributed by atoms with Crippen molar-refractivity contribution in [3.05, 3.63) is 35.4 Å². The van der Waals surface area contributed by atoms with E-state index in [9.17, 15) is 4.79 Å². The lowest BCUT2D eigenvalue weighted by molar-refractivity contribution is -0.150. The molecule has 17 heavy (non-hydrogen) atoms. The van der Waals surface area contributed by atoms with Crippen LogP contribution < -0.4 is 0 Å². The van der Waals surface area contributed by atoms with E-state index in [-0.39, 0.29) is 16.8 Å². The van der Waals surface area contributed by atoms with Gasteiger partial charge in [-0.1, -0.05) is 31.2 Å². The van der Waals surface area contributed by atoms with E-state index in [4.69, 9.17) is 4.74 Å². The quantitative estimate of drug-likeness (QED) is 0.693. The highest BCUT2D eigenvalue weighted by Gasteiger charge is 2.54. The molecule has 0 amide bonds. The van der Waals surface area contributed by atoms with Gasteiger partial charge in [-0.15, -0.1) is 0 Å². The van der Waals surface area contributed by atoms with Crippen molar-refractivity contribution >= 4 is 5.97 Å². The van der Waals surface area contributed by atoms with Gasteiger partial charge in [0.25, 0.3) is 0 Å². The molecule has 4 rings (SSSR count). The molecule has 2 bridgehead atoms. The van der Waals surface area contributed by atoms with Crippen molar-refractivity contribution in [1.29, 1.82) is 0 Å². The molecule has 90 valence electrons. The molecule has 0 aromatic heterocycles. The summed E-state index contributed by atoms with van der Waals surface area (Å²) in [5.74, 6) is -0.0494. The molecule has 0 aliphatic heterocycles. The van der Waals surface area contributed by atoms with E-state index in [0.29, 0.717) is 0 Å². The van der Waals surface area contributed by atoms with E-state index in [1.54, 1.807) is 0 Å². The highest BCUT2D eigenvalue weighted by molar-refractivity contribution is 5.85. The number of rotatable bonds is 1. The molecule has 2 nitrogen and oxygen atoms in total. The zero-order chi connectivity index (χ0) is 12.1. The molecule has 0 N–H and O–H groups in total. The third kappa shape index (κ3) is 1.24. The first-order valence-corrected chi connectivity index (χ1v) is 6.31. The maximum atomic E-state index is 12.2. The fraction of sp³-hybridized carbons (Fsp3) is 0.533. The molecule has 3 aliphatic carbocycles. The Morgan fingerprint density at radius 3 is 2.29 bits per heavy atom. The molecule has 0 spiro atoms. The summed E-state index contributed by atoms with van der Waals surface area (Å²) in [6.07, 6.45) is 4.07. The molecule has 0 heterocycles. The zero-order valence-electron chi connectivity index (χ0n) is 10.5. The van der Waals surface area contributed by atoms with Crippen LogP contribution >= 0.6 is 0 Å². The number of ether oxygens (including phenoxy) is 1. The maximum Gasteiger partial charge on any atom is 0.316 e. The molecule has 0 saturated heterocycles. The number of hydrogen-bond acceptors (Lipinski definition) is 2. The van der Waals surface area contributed by atoms with Crippen LogP contribution in [0.25, 0.3) is 0 Å². The second kappa shape index (κ2) is 3.34. The van der Waals surface area contributed by atoms with Gasteiger partial charge in [0.15, 0.2) is 0 Å². The first kappa shape index (κ1) is 10.8. The zero-order valence-corrected chi connectivity index (χ0v) is 10.5. The molecule has 0 unspecified atom stereocenters. The SMILES string of the molecule is COC(=O)C12CCC(C)(CC1)c1ccccc12. The minimum atomic E-state index is -0.358. The molecule has 1 saturated carbocycles. The van der Waals surface area contributed by atoms with Gasteiger partial charge in [0.05, 0.1) is 12.5 Å². The monoisotopic (exact) mass is 230 g/mol. The molecular weight excluding hydrogens is 212 g/mol. The van der Waals surface area contributed by atoms with Gasteiger partial charge < -0.3 is 4.74 Å². The first-order chi connectivity index (χ1) is 8.12. The fourth-order valence-corrected chi connectivity index (χ4v) is 3.70. The predicted molar refractivity (Wildman–Crippen MR) is 66.0 cm³/mol. The van der Waals surface area contributed by atoms with Crippen molar-refractivity contribution < 1.29 is 9.53 Å². The van der Waals surface area contributed by atoms with Crippen LogP contribution in [0.1, 0.15) is 43.7 Å². The van der Waals surface area contributed by atoms with E-state index >= 15 is 0 Å². The van der Waals surface area contributed by atoms with Crippen LogP contribution in [0.2, 0.25) is 0 Å². The standard InChI is InChI=1S/C15H18O2/c1-14-7-9-15(10-8-14,13(16)17-2)12-6-4-3-5-11(12)14/h3-6H,7-10H2,1-2H3. The summed E-state index contributed by atoms with van der Waals surface area (Å²) in [7, 11) is 1.50. The number of carbonyl (C=O) groups is 1. The number of benzene rings is 1. The third-order valence-corrected chi connectivity index (χ3v) is 4.88. The van der Waals surface area contributed by atoms with Crippen molar-refractivity contribution in [3.63, 3.8) is 0 Å². The Kier molecular flexibility index (Phi) is 2.13. The second-order valence-corrected chi connectivity index (χ2v) is 5.68. The summed E-state index contributed by atoms with van der Waals surface area (Å²) < 4.78 is 5.06. The minimum Gasteiger partial charge on any atom is -0.468 e. The average molecular weight is 230 g/mol. The number of esters is 1. The third-order valence-electron chi connectivity index (χ3n) is 4.88. The van der Waals surface area contributed by atoms with Crippen LogP contribution in [0.4, 0.5) is 0 Å². The summed E-state index contributed by atoms with van der Waals surface area (Å²) in [4.78, 5) is 12.2. The smallest absolute Gasteiger partial charge is 0.316 e. The number of methoxy groups -OCH3 is 1. The lowest BCUT2D eigenvalue weighted by Crippen LogP contribution is -2.50. The van der Waals surface area contributed by atoms with E-state index in [0.717, 1.165) is 25.7 Å². The van der Waals surface area contributed by atoms with Gasteiger partial charge in [-0.3, -0.25) is 4.79 Å². The molecule has 1 aromatic carbocycles. The predicted octanol–water partition coefficient (Wildman–Crippen LogP) is 2.94. The van der Waals surface area contributed by atoms with E-state index < -0.39 is 0 Å². The summed E-state index contributed by atoms with van der Waals surface area (Å²) >= 11 is 0. The topological polar surface area (TPSA) is 26.3 Å². The van der Waals surface area contributed by atoms with Gasteiger partial charge in [-0.05, 0) is 42.2 Å². The van der Waals surface area contributed by atoms with E-state index in [2.05, 4.69) is 25.1 Å². The van der Waals surface area contributed by atoms with Gasteiger partial charge >= 0.3 is 5.97 Å². The lowest BCUT2D eigenvalue weighted by Gasteiger charge is -2.51. The molecule has 2 heteroatoms. The van der Waals surface area contributed by atoms with Crippen LogP contribution in [0, 0.1) is 0 Å². The molecule has 1 fully saturated rings. The molecular formula is C15H18O2. The largest absolute Gasteiger partial charge is 0.468 e. The van der Waals surface area contributed by atoms with Crippen molar-refractivity contribution in [2.24, 2.45) is 0 Å². The van der Waals surface area contributed by atoms with Crippen molar-refractivity contribution in [3.8, 4) is 0 Å². The second-order valence-electron chi connectivity index (χ2n) is 5.68. The summed E-state index contributed by atoms with van der Waals surface area (Å²) in [6.45, 7) is 2.33. The fourth-order valence-electron chi connectivity index (χ4n) is 3.70. The lowest BCUT2D eigenvalue weighted by atomic mass is 9.52. The minimum absolute atomic E-state index is 0.0494. The first-order valence-electron chi connectivity index (χ1n) is 6.31. The number of carbonyl (C=O) groups excluding carboxylic acids is 1. The van der Waals surface area contributed by atoms with Gasteiger partial charge in [0, 0.05) is 0 Å². The Balaban J connectivity index is 2.22. The Hall–Kier alpha value is -1.31. The molecule has 1 aromatic rings. The number of hydrogen-bond donors (Lipinski definition) is 0. The Morgan fingerprint density at radius 1 is 1.12 bits per heavy atom. The maximum absolute atomic E-state index is 12.2. The van der Waals surface area contributed by atoms with Gasteiger partial charge in [-0.2, -0.15) is 0 Å². The van der Waals surface area contributed by atoms with Gasteiger partial charge in [-0.25, -0.2) is 0 Å². The van der Waals surface area contributed by atoms with Crippen LogP contribution in [-0.2, 0) is 20.4 Å². The number of fused-ring (bicyclic) bond motifs is 2. The highest BCUT2D eigenvalue weighted by Crippen LogP contribution is 2.56. The Morgan fingerprint density at radius 2 is 1.71 bits per heavy atom. The van der Waals surface area contributed by atoms with Crippen LogP contribution in [0.15, 0.2) is 24.3 Å². The van der Waals surface area contributed by atoms with Crippen LogP contribution in [0.5, 0.6) is 0 Å². The van der Waals surface area contributed by atoms with Crippen LogP contribution in [0.3, 0.4) is 0 Å². The molecule has 0 atom stereocenters. The Labute approximate surface area is 102 Å². The summed E-state index contributed by atoms with van der Waals surface area (Å²) in [6, 6.07) is 8.41. The van der Waals surface area contributed by atoms with Gasteiger partial charge in [0.2, 0.25) is 0 Å². The summed E-state index contributed by atoms with van der Waals surface area (Å²) in [5.41, 5.74) is 2.49. The van der Waals surface area contributed by atoms with Gasteiger partial charge in [0.1, 0.15) is 0 Å². The van der Waals surface area contributed by atoms with E-state index in [1.165, 1.54) is 18.2 Å². The highest BCUT2D eigenvalue weighted by atomic mass is 16.5. The molecule has 0 radical (unpaired) electrons. The van der Waals surface area contributed by atoms with Crippen LogP contribution in [-0.4, -0.2) is 13.1 Å². The van der Waals surface area contributed by atoms with E-state index in [1.807, 2.05) is 6.07 Å². The normalized spacial score (nSPS) is 34.2. The summed E-state index contributed by atoms with van der Waals surface area (Å²) in [5, 5.41) is 0. The van der Waals surface area contributed by atoms with Crippen molar-refractivity contribution in [2.45, 2.75) is 43.4 Å². The van der Waals surface area contributed by atoms with Crippen molar-refractivity contribution in [1.82, 2.24) is 0 Å². The Bertz CT molecular complexity index is 468. The molecule has 3 aliphatic rings. The average Bonchev–Trinajstić information content (AvgIpc) is 2.39.